The highest BCUT2D eigenvalue weighted by Crippen LogP contribution is 2.81. The average Bonchev–Trinajstić information content (AvgIpc) is 3.77. The van der Waals surface area contributed by atoms with Crippen molar-refractivity contribution in [2.24, 2.45) is 63.4 Å². The number of nitrogens with two attached hydrogens (primary N) is 1. The first-order valence-electron chi connectivity index (χ1n) is 15.5. The topological polar surface area (TPSA) is 164 Å². The van der Waals surface area contributed by atoms with Gasteiger partial charge in [-0.3, -0.25) is 4.79 Å². The Balaban J connectivity index is 1.32. The van der Waals surface area contributed by atoms with E-state index in [1.54, 1.807) is 6.92 Å². The zero-order valence-electron chi connectivity index (χ0n) is 25.0. The number of ether oxygens (including phenoxy) is 4. The molecule has 0 aromatic rings. The van der Waals surface area contributed by atoms with Crippen LogP contribution in [0.3, 0.4) is 0 Å². The summed E-state index contributed by atoms with van der Waals surface area (Å²) >= 11 is 0. The van der Waals surface area contributed by atoms with Gasteiger partial charge in [0, 0.05) is 23.3 Å². The van der Waals surface area contributed by atoms with Crippen molar-refractivity contribution in [2.45, 2.75) is 121 Å². The first-order valence-corrected chi connectivity index (χ1v) is 15.5. The summed E-state index contributed by atoms with van der Waals surface area (Å²) in [5.74, 6) is -3.28. The number of aliphatic hydroxyl groups excluding tert-OH is 2. The number of carbonyl (C=O) groups is 2. The second-order valence-corrected chi connectivity index (χ2v) is 16.0. The van der Waals surface area contributed by atoms with Crippen LogP contribution in [0.5, 0.6) is 0 Å². The average molecular weight is 576 g/mol. The molecule has 8 rings (SSSR count). The van der Waals surface area contributed by atoms with E-state index in [9.17, 15) is 24.9 Å². The van der Waals surface area contributed by atoms with Crippen molar-refractivity contribution in [1.29, 1.82) is 0 Å². The van der Waals surface area contributed by atoms with Crippen LogP contribution in [0.25, 0.3) is 0 Å². The molecule has 0 aromatic heterocycles. The highest BCUT2D eigenvalue weighted by Gasteiger charge is 2.92. The maximum absolute atomic E-state index is 13.2. The molecule has 8 fully saturated rings. The second-order valence-electron chi connectivity index (χ2n) is 16.0. The van der Waals surface area contributed by atoms with Crippen molar-refractivity contribution in [2.75, 3.05) is 0 Å². The minimum atomic E-state index is -1.78. The molecule has 10 nitrogen and oxygen atoms in total. The van der Waals surface area contributed by atoms with Gasteiger partial charge >= 0.3 is 11.9 Å². The third kappa shape index (κ3) is 2.60. The van der Waals surface area contributed by atoms with Crippen molar-refractivity contribution >= 4 is 11.9 Å². The van der Waals surface area contributed by atoms with E-state index in [1.807, 2.05) is 6.92 Å². The van der Waals surface area contributed by atoms with E-state index in [-0.39, 0.29) is 65.7 Å². The third-order valence-corrected chi connectivity index (χ3v) is 15.0. The van der Waals surface area contributed by atoms with Crippen molar-refractivity contribution in [3.05, 3.63) is 0 Å². The van der Waals surface area contributed by atoms with Gasteiger partial charge in [0.25, 0.3) is 0 Å². The fourth-order valence-electron chi connectivity index (χ4n) is 13.1. The van der Waals surface area contributed by atoms with Crippen molar-refractivity contribution in [3.63, 3.8) is 0 Å². The van der Waals surface area contributed by atoms with Crippen LogP contribution in [0, 0.1) is 57.7 Å². The van der Waals surface area contributed by atoms with Gasteiger partial charge in [-0.05, 0) is 74.5 Å². The minimum Gasteiger partial charge on any atom is -0.462 e. The predicted octanol–water partition coefficient (Wildman–Crippen LogP) is 1.12. The molecule has 5 saturated carbocycles. The monoisotopic (exact) mass is 575 g/mol. The van der Waals surface area contributed by atoms with Gasteiger partial charge in [0.15, 0.2) is 5.60 Å². The maximum Gasteiger partial charge on any atom is 0.341 e. The van der Waals surface area contributed by atoms with E-state index in [4.69, 9.17) is 24.7 Å². The molecule has 3 aliphatic heterocycles. The van der Waals surface area contributed by atoms with E-state index in [0.29, 0.717) is 19.3 Å². The SMILES string of the molecule is CC(=O)O[C@H]1CC2C([C@@H]3[C@@H](C)[C@@H]4[C@H]([C@H](C)[C@H]5O[C@]56OC(=O)[C@@](C)(O)[C@]46C)[C@@]13C)[C@@H](O)C[C@@]1(N)C[C@@H]3O[C@@H]3[C@H](O)[C@]21C. The summed E-state index contributed by atoms with van der Waals surface area (Å²) < 4.78 is 24.3. The van der Waals surface area contributed by atoms with Gasteiger partial charge in [-0.1, -0.05) is 27.7 Å². The van der Waals surface area contributed by atoms with E-state index < -0.39 is 57.5 Å². The predicted molar refractivity (Wildman–Crippen MR) is 141 cm³/mol. The van der Waals surface area contributed by atoms with Crippen LogP contribution in [0.4, 0.5) is 0 Å². The van der Waals surface area contributed by atoms with Crippen LogP contribution >= 0.6 is 0 Å². The van der Waals surface area contributed by atoms with Crippen LogP contribution in [0.2, 0.25) is 0 Å². The number of hydrogen-bond acceptors (Lipinski definition) is 10. The quantitative estimate of drug-likeness (QED) is 0.263. The van der Waals surface area contributed by atoms with Gasteiger partial charge in [0.05, 0.1) is 23.7 Å². The van der Waals surface area contributed by atoms with Crippen molar-refractivity contribution < 1.29 is 43.9 Å². The zero-order chi connectivity index (χ0) is 29.6. The van der Waals surface area contributed by atoms with Crippen LogP contribution in [0.1, 0.15) is 67.7 Å². The van der Waals surface area contributed by atoms with E-state index in [0.717, 1.165) is 0 Å². The number of hydrogen-bond donors (Lipinski definition) is 4. The Labute approximate surface area is 240 Å². The number of aliphatic hydroxyl groups is 3. The summed E-state index contributed by atoms with van der Waals surface area (Å²) in [7, 11) is 0. The number of esters is 2. The Morgan fingerprint density at radius 2 is 1.73 bits per heavy atom. The lowest BCUT2D eigenvalue weighted by atomic mass is 9.40. The first kappa shape index (κ1) is 27.3. The van der Waals surface area contributed by atoms with Crippen molar-refractivity contribution in [3.8, 4) is 0 Å². The lowest BCUT2D eigenvalue weighted by molar-refractivity contribution is -0.238. The molecular weight excluding hydrogens is 530 g/mol. The molecule has 5 aliphatic carbocycles. The Kier molecular flexibility index (Phi) is 4.87. The second kappa shape index (κ2) is 7.32. The van der Waals surface area contributed by atoms with E-state index in [1.165, 1.54) is 6.92 Å². The Morgan fingerprint density at radius 3 is 2.39 bits per heavy atom. The molecule has 10 heteroatoms. The molecule has 0 radical (unpaired) electrons. The van der Waals surface area contributed by atoms with Gasteiger partial charge in [-0.15, -0.1) is 0 Å². The fraction of sp³-hybridized carbons (Fsp3) is 0.935. The number of epoxide rings is 2. The highest BCUT2D eigenvalue weighted by atomic mass is 16.8. The van der Waals surface area contributed by atoms with E-state index >= 15 is 0 Å². The van der Waals surface area contributed by atoms with Crippen molar-refractivity contribution in [1.82, 2.24) is 0 Å². The molecule has 0 amide bonds. The van der Waals surface area contributed by atoms with Gasteiger partial charge in [-0.25, -0.2) is 4.79 Å². The van der Waals surface area contributed by atoms with Gasteiger partial charge in [0.2, 0.25) is 5.79 Å². The molecule has 5 N–H and O–H groups in total. The Bertz CT molecular complexity index is 1260. The maximum atomic E-state index is 13.2. The smallest absolute Gasteiger partial charge is 0.341 e. The molecule has 2 unspecified atom stereocenters. The van der Waals surface area contributed by atoms with Crippen LogP contribution in [-0.2, 0) is 28.5 Å². The summed E-state index contributed by atoms with van der Waals surface area (Å²) in [4.78, 5) is 25.9. The van der Waals surface area contributed by atoms with Gasteiger partial charge in [-0.2, -0.15) is 0 Å². The molecule has 3 saturated heterocycles. The molecule has 0 bridgehead atoms. The summed E-state index contributed by atoms with van der Waals surface area (Å²) in [6, 6.07) is 0. The first-order chi connectivity index (χ1) is 18.9. The zero-order valence-corrected chi connectivity index (χ0v) is 25.0. The molecule has 41 heavy (non-hydrogen) atoms. The normalized spacial score (nSPS) is 68.1. The van der Waals surface area contributed by atoms with E-state index in [2.05, 4.69) is 27.7 Å². The van der Waals surface area contributed by atoms with Crippen LogP contribution in [-0.4, -0.2) is 80.8 Å². The molecule has 3 heterocycles. The summed E-state index contributed by atoms with van der Waals surface area (Å²) in [5.41, 5.74) is 2.14. The van der Waals surface area contributed by atoms with Crippen LogP contribution < -0.4 is 5.73 Å². The highest BCUT2D eigenvalue weighted by molar-refractivity contribution is 5.84. The summed E-state index contributed by atoms with van der Waals surface area (Å²) in [6.07, 6.45) is -1.39. The number of carbonyl (C=O) groups excluding carboxylic acids is 2. The summed E-state index contributed by atoms with van der Waals surface area (Å²) in [6.45, 7) is 13.4. The Hall–Kier alpha value is -1.30. The standard InChI is InChI=1S/C31H45NO9/c1-11-19-18-14(27(5)23(35)22-16(39-22)10-30(27,32)9-15(18)34)8-17(38-13(3)33)26(19,4)20-12(2)24-31(40-24)28(6,21(11)20)29(7,37)25(36)41-31/h11-12,14-24,34-35,37H,8-10,32H2,1-7H3/t11-,12+,14?,15+,16+,17+,18?,19+,20+,21-,22+,23+,24-,26+,27+,28+,29-,30-,31+/m1/s1. The fourth-order valence-corrected chi connectivity index (χ4v) is 13.1. The molecule has 1 spiro atoms. The largest absolute Gasteiger partial charge is 0.462 e. The van der Waals surface area contributed by atoms with Crippen LogP contribution in [0.15, 0.2) is 0 Å². The molecular formula is C31H45NO9. The lowest BCUT2D eigenvalue weighted by Gasteiger charge is -2.67. The molecule has 228 valence electrons. The lowest BCUT2D eigenvalue weighted by Crippen LogP contribution is -2.75. The Morgan fingerprint density at radius 1 is 1.05 bits per heavy atom. The number of rotatable bonds is 1. The molecule has 19 atom stereocenters. The third-order valence-electron chi connectivity index (χ3n) is 15.0. The molecule has 0 aromatic carbocycles. The van der Waals surface area contributed by atoms with Gasteiger partial charge in [0.1, 0.15) is 18.3 Å². The van der Waals surface area contributed by atoms with Gasteiger partial charge < -0.3 is 40.0 Å². The number of fused-ring (bicyclic) bond motifs is 9. The minimum absolute atomic E-state index is 0.0485. The molecule has 8 aliphatic rings. The summed E-state index contributed by atoms with van der Waals surface area (Å²) in [5, 5.41) is 35.6.